The van der Waals surface area contributed by atoms with Gasteiger partial charge < -0.3 is 9.84 Å². The van der Waals surface area contributed by atoms with Gasteiger partial charge in [0.25, 0.3) is 0 Å². The maximum Gasteiger partial charge on any atom is 0.170 e. The van der Waals surface area contributed by atoms with Crippen molar-refractivity contribution < 1.29 is 19.4 Å². The summed E-state index contributed by atoms with van der Waals surface area (Å²) in [5.41, 5.74) is 1.75. The first-order valence-corrected chi connectivity index (χ1v) is 7.44. The molecule has 0 fully saturated rings. The lowest BCUT2D eigenvalue weighted by molar-refractivity contribution is -0.118. The van der Waals surface area contributed by atoms with Gasteiger partial charge in [-0.05, 0) is 36.2 Å². The minimum Gasteiger partial charge on any atom is -0.504 e. The minimum absolute atomic E-state index is 0.0450. The molecule has 2 rings (SSSR count). The van der Waals surface area contributed by atoms with E-state index < -0.39 is 0 Å². The number of hydrogen-bond donors (Lipinski definition) is 1. The van der Waals surface area contributed by atoms with Crippen LogP contribution in [0.25, 0.3) is 0 Å². The van der Waals surface area contributed by atoms with Gasteiger partial charge in [-0.2, -0.15) is 5.26 Å². The molecule has 0 atom stereocenters. The summed E-state index contributed by atoms with van der Waals surface area (Å²) in [6.45, 7) is 0. The molecule has 2 aromatic rings. The summed E-state index contributed by atoms with van der Waals surface area (Å²) >= 11 is 0. The molecule has 0 bridgehead atoms. The van der Waals surface area contributed by atoms with Crippen LogP contribution < -0.4 is 4.74 Å². The molecule has 0 aliphatic rings. The van der Waals surface area contributed by atoms with E-state index in [0.29, 0.717) is 23.3 Å². The molecule has 0 aliphatic heterocycles. The van der Waals surface area contributed by atoms with Crippen molar-refractivity contribution in [2.24, 2.45) is 0 Å². The number of nitriles is 1. The normalized spacial score (nSPS) is 10.0. The Morgan fingerprint density at radius 3 is 2.50 bits per heavy atom. The predicted molar refractivity (Wildman–Crippen MR) is 88.1 cm³/mol. The second-order valence-corrected chi connectivity index (χ2v) is 5.33. The van der Waals surface area contributed by atoms with E-state index in [1.165, 1.54) is 13.2 Å². The number of benzene rings is 2. The van der Waals surface area contributed by atoms with E-state index >= 15 is 0 Å². The number of phenols is 1. The zero-order chi connectivity index (χ0) is 17.5. The zero-order valence-corrected chi connectivity index (χ0v) is 13.3. The molecule has 0 heterocycles. The molecule has 24 heavy (non-hydrogen) atoms. The summed E-state index contributed by atoms with van der Waals surface area (Å²) in [5, 5.41) is 18.3. The van der Waals surface area contributed by atoms with Gasteiger partial charge in [-0.3, -0.25) is 9.59 Å². The number of aromatic hydroxyl groups is 1. The van der Waals surface area contributed by atoms with Crippen LogP contribution in [0.15, 0.2) is 42.5 Å². The van der Waals surface area contributed by atoms with E-state index in [4.69, 9.17) is 10.00 Å². The van der Waals surface area contributed by atoms with Gasteiger partial charge in [-0.15, -0.1) is 0 Å². The lowest BCUT2D eigenvalue weighted by Gasteiger charge is -2.06. The monoisotopic (exact) mass is 323 g/mol. The first-order valence-electron chi connectivity index (χ1n) is 7.44. The fourth-order valence-electron chi connectivity index (χ4n) is 2.26. The number of nitrogens with zero attached hydrogens (tertiary/aromatic N) is 1. The predicted octanol–water partition coefficient (Wildman–Crippen LogP) is 3.05. The van der Waals surface area contributed by atoms with Crippen molar-refractivity contribution in [3.8, 4) is 17.6 Å². The van der Waals surface area contributed by atoms with Crippen molar-refractivity contribution in [2.45, 2.75) is 19.3 Å². The molecule has 0 amide bonds. The number of methoxy groups -OCH3 is 1. The topological polar surface area (TPSA) is 87.4 Å². The van der Waals surface area contributed by atoms with Crippen molar-refractivity contribution >= 4 is 11.6 Å². The van der Waals surface area contributed by atoms with E-state index in [0.717, 1.165) is 5.56 Å². The largest absolute Gasteiger partial charge is 0.504 e. The van der Waals surface area contributed by atoms with Crippen LogP contribution in [-0.4, -0.2) is 23.8 Å². The van der Waals surface area contributed by atoms with Crippen molar-refractivity contribution in [3.63, 3.8) is 0 Å². The van der Waals surface area contributed by atoms with Gasteiger partial charge in [0.2, 0.25) is 0 Å². The highest BCUT2D eigenvalue weighted by Gasteiger charge is 2.12. The summed E-state index contributed by atoms with van der Waals surface area (Å²) in [6.07, 6.45) is 0.535. The zero-order valence-electron chi connectivity index (χ0n) is 13.3. The van der Waals surface area contributed by atoms with Crippen molar-refractivity contribution in [2.75, 3.05) is 7.11 Å². The Hall–Kier alpha value is -3.13. The average molecular weight is 323 g/mol. The number of carbonyl (C=O) groups excluding carboxylic acids is 2. The van der Waals surface area contributed by atoms with Crippen LogP contribution in [0.5, 0.6) is 11.5 Å². The molecule has 0 saturated heterocycles. The minimum atomic E-state index is -0.257. The lowest BCUT2D eigenvalue weighted by atomic mass is 10.0. The van der Waals surface area contributed by atoms with E-state index in [-0.39, 0.29) is 30.2 Å². The number of hydrogen-bond acceptors (Lipinski definition) is 5. The highest BCUT2D eigenvalue weighted by Crippen LogP contribution is 2.26. The quantitative estimate of drug-likeness (QED) is 0.625. The summed E-state index contributed by atoms with van der Waals surface area (Å²) in [5.74, 6) is -0.0126. The van der Waals surface area contributed by atoms with Crippen molar-refractivity contribution in [1.82, 2.24) is 0 Å². The first kappa shape index (κ1) is 17.2. The van der Waals surface area contributed by atoms with Crippen molar-refractivity contribution in [1.29, 1.82) is 5.26 Å². The SMILES string of the molecule is COc1cc(CCC(=O)CC(=O)c2ccc(C#N)cc2)ccc1O. The van der Waals surface area contributed by atoms with Gasteiger partial charge in [0.1, 0.15) is 5.78 Å². The Morgan fingerprint density at radius 2 is 1.88 bits per heavy atom. The van der Waals surface area contributed by atoms with E-state index in [1.807, 2.05) is 6.07 Å². The average Bonchev–Trinajstić information content (AvgIpc) is 2.61. The van der Waals surface area contributed by atoms with Crippen LogP contribution >= 0.6 is 0 Å². The summed E-state index contributed by atoms with van der Waals surface area (Å²) in [4.78, 5) is 24.0. The Balaban J connectivity index is 1.90. The number of phenolic OH excluding ortho intramolecular Hbond substituents is 1. The second kappa shape index (κ2) is 7.93. The molecule has 5 nitrogen and oxygen atoms in total. The lowest BCUT2D eigenvalue weighted by Crippen LogP contribution is -2.09. The third-order valence-corrected chi connectivity index (χ3v) is 3.63. The van der Waals surface area contributed by atoms with E-state index in [2.05, 4.69) is 0 Å². The second-order valence-electron chi connectivity index (χ2n) is 5.33. The number of rotatable bonds is 7. The Kier molecular flexibility index (Phi) is 5.69. The van der Waals surface area contributed by atoms with Gasteiger partial charge in [0, 0.05) is 12.0 Å². The molecule has 0 aromatic heterocycles. The molecular weight excluding hydrogens is 306 g/mol. The molecule has 122 valence electrons. The third kappa shape index (κ3) is 4.43. The Morgan fingerprint density at radius 1 is 1.17 bits per heavy atom. The molecule has 0 radical (unpaired) electrons. The van der Waals surface area contributed by atoms with Crippen LogP contribution in [0, 0.1) is 11.3 Å². The summed E-state index contributed by atoms with van der Waals surface area (Å²) in [7, 11) is 1.46. The maximum atomic E-state index is 12.1. The molecule has 0 unspecified atom stereocenters. The van der Waals surface area contributed by atoms with Gasteiger partial charge in [0.15, 0.2) is 17.3 Å². The van der Waals surface area contributed by atoms with Gasteiger partial charge in [-0.1, -0.05) is 18.2 Å². The first-order chi connectivity index (χ1) is 11.5. The van der Waals surface area contributed by atoms with E-state index in [1.54, 1.807) is 36.4 Å². The maximum absolute atomic E-state index is 12.1. The number of ether oxygens (including phenoxy) is 1. The molecule has 0 spiro atoms. The van der Waals surface area contributed by atoms with Gasteiger partial charge in [0.05, 0.1) is 25.2 Å². The van der Waals surface area contributed by atoms with Crippen LogP contribution in [0.3, 0.4) is 0 Å². The number of carbonyl (C=O) groups is 2. The summed E-state index contributed by atoms with van der Waals surface area (Å²) in [6, 6.07) is 13.1. The van der Waals surface area contributed by atoms with Crippen LogP contribution in [0.2, 0.25) is 0 Å². The van der Waals surface area contributed by atoms with Gasteiger partial charge in [-0.25, -0.2) is 0 Å². The Bertz CT molecular complexity index is 788. The van der Waals surface area contributed by atoms with E-state index in [9.17, 15) is 14.7 Å². The molecule has 5 heteroatoms. The number of aryl methyl sites for hydroxylation is 1. The van der Waals surface area contributed by atoms with Crippen LogP contribution in [0.4, 0.5) is 0 Å². The number of Topliss-reactive ketones (excluding diaryl/α,β-unsaturated/α-hetero) is 2. The molecule has 0 saturated carbocycles. The standard InChI is InChI=1S/C19H17NO4/c1-24-19-10-13(5-9-17(19)22)4-8-16(21)11-18(23)15-6-2-14(12-20)3-7-15/h2-3,5-7,9-10,22H,4,8,11H2,1H3. The molecular formula is C19H17NO4. The highest BCUT2D eigenvalue weighted by atomic mass is 16.5. The molecule has 2 aromatic carbocycles. The molecule has 0 aliphatic carbocycles. The third-order valence-electron chi connectivity index (χ3n) is 3.63. The Labute approximate surface area is 140 Å². The summed E-state index contributed by atoms with van der Waals surface area (Å²) < 4.78 is 5.02. The highest BCUT2D eigenvalue weighted by molar-refractivity contribution is 6.08. The fourth-order valence-corrected chi connectivity index (χ4v) is 2.26. The van der Waals surface area contributed by atoms with Crippen LogP contribution in [-0.2, 0) is 11.2 Å². The van der Waals surface area contributed by atoms with Crippen LogP contribution in [0.1, 0.15) is 34.3 Å². The smallest absolute Gasteiger partial charge is 0.170 e. The fraction of sp³-hybridized carbons (Fsp3) is 0.211. The number of ketones is 2. The van der Waals surface area contributed by atoms with Crippen molar-refractivity contribution in [3.05, 3.63) is 59.2 Å². The molecule has 1 N–H and O–H groups in total. The van der Waals surface area contributed by atoms with Gasteiger partial charge >= 0.3 is 0 Å².